The zero-order valence-corrected chi connectivity index (χ0v) is 9.84. The SMILES string of the molecule is CC1(C)CNCc2cc(Cl)c(Cl)cc21. The summed E-state index contributed by atoms with van der Waals surface area (Å²) in [5.41, 5.74) is 2.71. The van der Waals surface area contributed by atoms with E-state index in [1.807, 2.05) is 12.1 Å². The predicted molar refractivity (Wildman–Crippen MR) is 61.2 cm³/mol. The molecular formula is C11H13Cl2N. The summed E-state index contributed by atoms with van der Waals surface area (Å²) < 4.78 is 0. The molecule has 14 heavy (non-hydrogen) atoms. The summed E-state index contributed by atoms with van der Waals surface area (Å²) in [5, 5.41) is 4.67. The number of hydrogen-bond donors (Lipinski definition) is 1. The fraction of sp³-hybridized carbons (Fsp3) is 0.455. The Labute approximate surface area is 94.4 Å². The maximum atomic E-state index is 6.02. The van der Waals surface area contributed by atoms with E-state index in [9.17, 15) is 0 Å². The molecule has 0 amide bonds. The molecule has 1 aromatic rings. The van der Waals surface area contributed by atoms with Gasteiger partial charge in [-0.1, -0.05) is 37.0 Å². The summed E-state index contributed by atoms with van der Waals surface area (Å²) in [6.07, 6.45) is 0. The average Bonchev–Trinajstić information content (AvgIpc) is 2.08. The van der Waals surface area contributed by atoms with Gasteiger partial charge in [0.1, 0.15) is 0 Å². The lowest BCUT2D eigenvalue weighted by molar-refractivity contribution is 0.435. The van der Waals surface area contributed by atoms with Crippen molar-refractivity contribution in [1.82, 2.24) is 5.32 Å². The van der Waals surface area contributed by atoms with Gasteiger partial charge in [-0.05, 0) is 23.3 Å². The minimum absolute atomic E-state index is 0.141. The summed E-state index contributed by atoms with van der Waals surface area (Å²) in [5.74, 6) is 0. The lowest BCUT2D eigenvalue weighted by Crippen LogP contribution is -2.38. The Morgan fingerprint density at radius 1 is 1.21 bits per heavy atom. The fourth-order valence-corrected chi connectivity index (χ4v) is 2.32. The number of hydrogen-bond acceptors (Lipinski definition) is 1. The van der Waals surface area contributed by atoms with E-state index in [0.29, 0.717) is 10.0 Å². The van der Waals surface area contributed by atoms with E-state index in [0.717, 1.165) is 13.1 Å². The third kappa shape index (κ3) is 1.65. The lowest BCUT2D eigenvalue weighted by atomic mass is 9.79. The molecule has 0 radical (unpaired) electrons. The molecule has 0 saturated carbocycles. The van der Waals surface area contributed by atoms with Crippen LogP contribution >= 0.6 is 23.2 Å². The smallest absolute Gasteiger partial charge is 0.0595 e. The maximum Gasteiger partial charge on any atom is 0.0595 e. The van der Waals surface area contributed by atoms with Crippen molar-refractivity contribution in [2.45, 2.75) is 25.8 Å². The van der Waals surface area contributed by atoms with Crippen LogP contribution in [0.15, 0.2) is 12.1 Å². The van der Waals surface area contributed by atoms with Gasteiger partial charge in [0.15, 0.2) is 0 Å². The molecule has 0 saturated heterocycles. The van der Waals surface area contributed by atoms with E-state index >= 15 is 0 Å². The van der Waals surface area contributed by atoms with Crippen molar-refractivity contribution in [1.29, 1.82) is 0 Å². The molecule has 3 heteroatoms. The van der Waals surface area contributed by atoms with Crippen molar-refractivity contribution in [2.75, 3.05) is 6.54 Å². The highest BCUT2D eigenvalue weighted by Crippen LogP contribution is 2.35. The maximum absolute atomic E-state index is 6.02. The standard InChI is InChI=1S/C11H13Cl2N/c1-11(2)6-14-5-7-3-9(12)10(13)4-8(7)11/h3-4,14H,5-6H2,1-2H3. The molecule has 0 spiro atoms. The van der Waals surface area contributed by atoms with Gasteiger partial charge in [-0.3, -0.25) is 0 Å². The molecule has 76 valence electrons. The van der Waals surface area contributed by atoms with Gasteiger partial charge in [0.25, 0.3) is 0 Å². The molecule has 1 N–H and O–H groups in total. The number of rotatable bonds is 0. The highest BCUT2D eigenvalue weighted by molar-refractivity contribution is 6.42. The van der Waals surface area contributed by atoms with Gasteiger partial charge in [0.05, 0.1) is 10.0 Å². The molecule has 0 bridgehead atoms. The first-order valence-corrected chi connectivity index (χ1v) is 5.45. The second kappa shape index (κ2) is 3.41. The van der Waals surface area contributed by atoms with Gasteiger partial charge in [0, 0.05) is 18.5 Å². The van der Waals surface area contributed by atoms with Gasteiger partial charge in [-0.15, -0.1) is 0 Å². The van der Waals surface area contributed by atoms with Crippen LogP contribution in [0.1, 0.15) is 25.0 Å². The largest absolute Gasteiger partial charge is 0.312 e. The number of fused-ring (bicyclic) bond motifs is 1. The topological polar surface area (TPSA) is 12.0 Å². The third-order valence-electron chi connectivity index (χ3n) is 2.76. The van der Waals surface area contributed by atoms with Crippen molar-refractivity contribution in [3.63, 3.8) is 0 Å². The van der Waals surface area contributed by atoms with Gasteiger partial charge >= 0.3 is 0 Å². The quantitative estimate of drug-likeness (QED) is 0.720. The first kappa shape index (κ1) is 10.3. The second-order valence-electron chi connectivity index (χ2n) is 4.41. The summed E-state index contributed by atoms with van der Waals surface area (Å²) in [6, 6.07) is 3.97. The number of nitrogens with one attached hydrogen (secondary N) is 1. The van der Waals surface area contributed by atoms with Crippen molar-refractivity contribution >= 4 is 23.2 Å². The molecule has 1 aliphatic heterocycles. The summed E-state index contributed by atoms with van der Waals surface area (Å²) in [6.45, 7) is 6.29. The average molecular weight is 230 g/mol. The molecule has 0 aromatic heterocycles. The highest BCUT2D eigenvalue weighted by Gasteiger charge is 2.27. The Kier molecular flexibility index (Phi) is 2.50. The fourth-order valence-electron chi connectivity index (χ4n) is 1.97. The summed E-state index contributed by atoms with van der Waals surface area (Å²) in [7, 11) is 0. The van der Waals surface area contributed by atoms with Crippen molar-refractivity contribution in [2.24, 2.45) is 0 Å². The molecule has 1 aromatic carbocycles. The minimum atomic E-state index is 0.141. The molecule has 0 atom stereocenters. The van der Waals surface area contributed by atoms with Gasteiger partial charge in [0.2, 0.25) is 0 Å². The molecular weight excluding hydrogens is 217 g/mol. The van der Waals surface area contributed by atoms with Gasteiger partial charge in [-0.25, -0.2) is 0 Å². The first-order chi connectivity index (χ1) is 6.50. The molecule has 0 aliphatic carbocycles. The first-order valence-electron chi connectivity index (χ1n) is 4.70. The van der Waals surface area contributed by atoms with E-state index in [4.69, 9.17) is 23.2 Å². The minimum Gasteiger partial charge on any atom is -0.312 e. The Hall–Kier alpha value is -0.240. The van der Waals surface area contributed by atoms with E-state index in [-0.39, 0.29) is 5.41 Å². The molecule has 1 nitrogen and oxygen atoms in total. The number of benzene rings is 1. The van der Waals surface area contributed by atoms with Crippen LogP contribution in [0.25, 0.3) is 0 Å². The van der Waals surface area contributed by atoms with E-state index < -0.39 is 0 Å². The molecule has 1 aliphatic rings. The molecule has 0 unspecified atom stereocenters. The van der Waals surface area contributed by atoms with Gasteiger partial charge < -0.3 is 5.32 Å². The van der Waals surface area contributed by atoms with Crippen LogP contribution in [0.4, 0.5) is 0 Å². The summed E-state index contributed by atoms with van der Waals surface area (Å²) >= 11 is 12.0. The van der Waals surface area contributed by atoms with Crippen LogP contribution in [-0.4, -0.2) is 6.54 Å². The third-order valence-corrected chi connectivity index (χ3v) is 3.48. The van der Waals surface area contributed by atoms with Crippen LogP contribution in [0.5, 0.6) is 0 Å². The Bertz CT molecular complexity index is 372. The molecule has 1 heterocycles. The zero-order valence-electron chi connectivity index (χ0n) is 8.32. The van der Waals surface area contributed by atoms with Crippen LogP contribution < -0.4 is 5.32 Å². The summed E-state index contributed by atoms with van der Waals surface area (Å²) in [4.78, 5) is 0. The Balaban J connectivity index is 2.59. The van der Waals surface area contributed by atoms with Crippen LogP contribution in [0.2, 0.25) is 10.0 Å². The van der Waals surface area contributed by atoms with E-state index in [1.54, 1.807) is 0 Å². The van der Waals surface area contributed by atoms with Crippen LogP contribution in [0.3, 0.4) is 0 Å². The van der Waals surface area contributed by atoms with Crippen molar-refractivity contribution in [3.8, 4) is 0 Å². The van der Waals surface area contributed by atoms with Crippen LogP contribution in [0, 0.1) is 0 Å². The second-order valence-corrected chi connectivity index (χ2v) is 5.23. The van der Waals surface area contributed by atoms with E-state index in [2.05, 4.69) is 19.2 Å². The highest BCUT2D eigenvalue weighted by atomic mass is 35.5. The molecule has 0 fully saturated rings. The Morgan fingerprint density at radius 2 is 1.86 bits per heavy atom. The monoisotopic (exact) mass is 229 g/mol. The van der Waals surface area contributed by atoms with Crippen LogP contribution in [-0.2, 0) is 12.0 Å². The lowest BCUT2D eigenvalue weighted by Gasteiger charge is -2.33. The van der Waals surface area contributed by atoms with Gasteiger partial charge in [-0.2, -0.15) is 0 Å². The zero-order chi connectivity index (χ0) is 10.3. The van der Waals surface area contributed by atoms with Crippen molar-refractivity contribution in [3.05, 3.63) is 33.3 Å². The molecule has 2 rings (SSSR count). The predicted octanol–water partition coefficient (Wildman–Crippen LogP) is 3.37. The van der Waals surface area contributed by atoms with Crippen molar-refractivity contribution < 1.29 is 0 Å². The van der Waals surface area contributed by atoms with E-state index in [1.165, 1.54) is 11.1 Å². The number of halogens is 2. The normalized spacial score (nSPS) is 19.1. The Morgan fingerprint density at radius 3 is 2.57 bits per heavy atom.